The first-order valence-corrected chi connectivity index (χ1v) is 12.4. The zero-order chi connectivity index (χ0) is 24.4. The van der Waals surface area contributed by atoms with Gasteiger partial charge in [0.1, 0.15) is 5.75 Å². The summed E-state index contributed by atoms with van der Waals surface area (Å²) >= 11 is 0. The molecule has 0 bridgehead atoms. The molecule has 0 spiro atoms. The number of ether oxygens (including phenoxy) is 1. The zero-order valence-corrected chi connectivity index (χ0v) is 19.9. The van der Waals surface area contributed by atoms with Crippen molar-refractivity contribution in [1.82, 2.24) is 9.97 Å². The van der Waals surface area contributed by atoms with Gasteiger partial charge in [0.15, 0.2) is 0 Å². The van der Waals surface area contributed by atoms with E-state index in [1.165, 1.54) is 11.1 Å². The molecule has 6 rings (SSSR count). The van der Waals surface area contributed by atoms with Crippen molar-refractivity contribution in [2.75, 3.05) is 0 Å². The Morgan fingerprint density at radius 2 is 1.33 bits per heavy atom. The highest BCUT2D eigenvalue weighted by Crippen LogP contribution is 2.52. The van der Waals surface area contributed by atoms with Crippen molar-refractivity contribution in [2.24, 2.45) is 0 Å². The molecule has 4 aromatic carbocycles. The van der Waals surface area contributed by atoms with E-state index in [4.69, 9.17) is 14.7 Å². The molecule has 4 nitrogen and oxygen atoms in total. The van der Waals surface area contributed by atoms with Gasteiger partial charge in [-0.2, -0.15) is 0 Å². The number of para-hydroxylation sites is 3. The van der Waals surface area contributed by atoms with Gasteiger partial charge < -0.3 is 4.74 Å². The second-order valence-electron chi connectivity index (χ2n) is 9.31. The number of carbonyl (C=O) groups excluding carboxylic acids is 1. The lowest BCUT2D eigenvalue weighted by molar-refractivity contribution is -0.134. The van der Waals surface area contributed by atoms with Crippen LogP contribution in [-0.2, 0) is 16.6 Å². The fourth-order valence-corrected chi connectivity index (χ4v) is 5.38. The molecule has 0 amide bonds. The van der Waals surface area contributed by atoms with Crippen molar-refractivity contribution >= 4 is 17.0 Å². The van der Waals surface area contributed by atoms with Gasteiger partial charge in [0.25, 0.3) is 0 Å². The number of hydrogen-bond acceptors (Lipinski definition) is 4. The zero-order valence-electron chi connectivity index (χ0n) is 19.9. The number of rotatable bonds is 7. The molecule has 1 unspecified atom stereocenters. The third kappa shape index (κ3) is 4.05. The van der Waals surface area contributed by atoms with Crippen LogP contribution in [0.25, 0.3) is 22.3 Å². The standard InChI is InChI=1S/C32H26N2O2/c35-29(36-24-13-5-2-6-14-24)20-22-32(21-19-23-11-3-1-4-12-23)26-16-8-7-15-25(26)30-31(32)34-28-18-10-9-17-27(28)33-30/h1-18H,19-22H2. The lowest BCUT2D eigenvalue weighted by Crippen LogP contribution is -2.29. The number of carbonyl (C=O) groups is 1. The Hall–Kier alpha value is -4.31. The van der Waals surface area contributed by atoms with Crippen molar-refractivity contribution in [3.8, 4) is 17.0 Å². The number of aromatic nitrogens is 2. The van der Waals surface area contributed by atoms with Gasteiger partial charge in [0, 0.05) is 17.4 Å². The summed E-state index contributed by atoms with van der Waals surface area (Å²) in [5, 5.41) is 0. The summed E-state index contributed by atoms with van der Waals surface area (Å²) < 4.78 is 5.65. The third-order valence-corrected chi connectivity index (χ3v) is 7.14. The summed E-state index contributed by atoms with van der Waals surface area (Å²) in [5.41, 5.74) is 6.78. The molecule has 176 valence electrons. The molecule has 0 saturated carbocycles. The minimum atomic E-state index is -0.436. The summed E-state index contributed by atoms with van der Waals surface area (Å²) in [7, 11) is 0. The molecule has 5 aromatic rings. The molecule has 1 aliphatic carbocycles. The quantitative estimate of drug-likeness (QED) is 0.191. The van der Waals surface area contributed by atoms with Crippen molar-refractivity contribution in [3.63, 3.8) is 0 Å². The van der Waals surface area contributed by atoms with E-state index in [0.29, 0.717) is 12.2 Å². The average Bonchev–Trinajstić information content (AvgIpc) is 3.20. The maximum absolute atomic E-state index is 13.0. The van der Waals surface area contributed by atoms with Gasteiger partial charge in [-0.3, -0.25) is 4.79 Å². The summed E-state index contributed by atoms with van der Waals surface area (Å²) in [6.45, 7) is 0. The Morgan fingerprint density at radius 1 is 0.694 bits per heavy atom. The van der Waals surface area contributed by atoms with Crippen LogP contribution in [-0.4, -0.2) is 15.9 Å². The summed E-state index contributed by atoms with van der Waals surface area (Å²) in [6.07, 6.45) is 2.58. The van der Waals surface area contributed by atoms with E-state index in [1.807, 2.05) is 48.5 Å². The molecule has 0 aliphatic heterocycles. The second kappa shape index (κ2) is 9.38. The molecule has 0 saturated heterocycles. The Kier molecular flexibility index (Phi) is 5.78. The first-order valence-electron chi connectivity index (χ1n) is 12.4. The fourth-order valence-electron chi connectivity index (χ4n) is 5.38. The van der Waals surface area contributed by atoms with Crippen molar-refractivity contribution < 1.29 is 9.53 Å². The van der Waals surface area contributed by atoms with E-state index in [-0.39, 0.29) is 12.4 Å². The topological polar surface area (TPSA) is 52.1 Å². The molecule has 0 radical (unpaired) electrons. The number of esters is 1. The van der Waals surface area contributed by atoms with Crippen LogP contribution in [0.4, 0.5) is 0 Å². The molecule has 4 heteroatoms. The molecule has 36 heavy (non-hydrogen) atoms. The number of aryl methyl sites for hydroxylation is 1. The van der Waals surface area contributed by atoms with Crippen LogP contribution in [0.3, 0.4) is 0 Å². The number of hydrogen-bond donors (Lipinski definition) is 0. The molecular formula is C32H26N2O2. The Bertz CT molecular complexity index is 1530. The van der Waals surface area contributed by atoms with Gasteiger partial charge in [0.2, 0.25) is 0 Å². The fraction of sp³-hybridized carbons (Fsp3) is 0.156. The smallest absolute Gasteiger partial charge is 0.311 e. The predicted molar refractivity (Wildman–Crippen MR) is 142 cm³/mol. The molecule has 0 fully saturated rings. The molecule has 1 heterocycles. The molecular weight excluding hydrogens is 444 g/mol. The minimum absolute atomic E-state index is 0.236. The Morgan fingerprint density at radius 3 is 2.11 bits per heavy atom. The highest BCUT2D eigenvalue weighted by molar-refractivity contribution is 5.84. The van der Waals surface area contributed by atoms with Crippen LogP contribution < -0.4 is 4.74 Å². The van der Waals surface area contributed by atoms with Crippen LogP contribution in [0.1, 0.15) is 36.1 Å². The lowest BCUT2D eigenvalue weighted by atomic mass is 9.72. The van der Waals surface area contributed by atoms with E-state index < -0.39 is 5.41 Å². The normalized spacial score (nSPS) is 15.9. The summed E-state index contributed by atoms with van der Waals surface area (Å²) in [4.78, 5) is 23.2. The summed E-state index contributed by atoms with van der Waals surface area (Å²) in [6, 6.07) is 36.2. The van der Waals surface area contributed by atoms with Crippen LogP contribution in [0, 0.1) is 0 Å². The largest absolute Gasteiger partial charge is 0.427 e. The number of benzene rings is 4. The van der Waals surface area contributed by atoms with E-state index >= 15 is 0 Å². The van der Waals surface area contributed by atoms with Crippen molar-refractivity contribution in [2.45, 2.75) is 31.1 Å². The van der Waals surface area contributed by atoms with Gasteiger partial charge in [-0.15, -0.1) is 0 Å². The van der Waals surface area contributed by atoms with Crippen molar-refractivity contribution in [3.05, 3.63) is 126 Å². The van der Waals surface area contributed by atoms with Crippen LogP contribution in [0.5, 0.6) is 5.75 Å². The Balaban J connectivity index is 1.42. The maximum atomic E-state index is 13.0. The molecule has 1 aliphatic rings. The SMILES string of the molecule is O=C(CCC1(CCc2ccccc2)c2ccccc2-c2nc3ccccc3nc21)Oc1ccccc1. The minimum Gasteiger partial charge on any atom is -0.427 e. The highest BCUT2D eigenvalue weighted by atomic mass is 16.5. The molecule has 0 N–H and O–H groups in total. The highest BCUT2D eigenvalue weighted by Gasteiger charge is 2.45. The van der Waals surface area contributed by atoms with Gasteiger partial charge in [-0.25, -0.2) is 9.97 Å². The van der Waals surface area contributed by atoms with Gasteiger partial charge in [-0.05, 0) is 54.7 Å². The first kappa shape index (κ1) is 22.2. The lowest BCUT2D eigenvalue weighted by Gasteiger charge is -2.31. The third-order valence-electron chi connectivity index (χ3n) is 7.14. The Labute approximate surface area is 210 Å². The molecule has 1 atom stereocenters. The van der Waals surface area contributed by atoms with Gasteiger partial charge in [0.05, 0.1) is 22.4 Å². The first-order chi connectivity index (χ1) is 17.7. The second-order valence-corrected chi connectivity index (χ2v) is 9.31. The van der Waals surface area contributed by atoms with Crippen molar-refractivity contribution in [1.29, 1.82) is 0 Å². The van der Waals surface area contributed by atoms with Crippen LogP contribution in [0.2, 0.25) is 0 Å². The maximum Gasteiger partial charge on any atom is 0.311 e. The monoisotopic (exact) mass is 470 g/mol. The van der Waals surface area contributed by atoms with E-state index in [2.05, 4.69) is 48.5 Å². The van der Waals surface area contributed by atoms with E-state index in [1.54, 1.807) is 12.1 Å². The van der Waals surface area contributed by atoms with Gasteiger partial charge >= 0.3 is 5.97 Å². The van der Waals surface area contributed by atoms with Gasteiger partial charge in [-0.1, -0.05) is 84.9 Å². The van der Waals surface area contributed by atoms with Crippen LogP contribution >= 0.6 is 0 Å². The van der Waals surface area contributed by atoms with Crippen LogP contribution in [0.15, 0.2) is 109 Å². The average molecular weight is 471 g/mol. The van der Waals surface area contributed by atoms with E-state index in [9.17, 15) is 4.79 Å². The summed E-state index contributed by atoms with van der Waals surface area (Å²) in [5.74, 6) is 0.332. The van der Waals surface area contributed by atoms with E-state index in [0.717, 1.165) is 40.8 Å². The predicted octanol–water partition coefficient (Wildman–Crippen LogP) is 6.91. The number of fused-ring (bicyclic) bond motifs is 4. The number of nitrogens with zero attached hydrogens (tertiary/aromatic N) is 2. The molecule has 1 aromatic heterocycles.